The normalized spacial score (nSPS) is 21.0. The van der Waals surface area contributed by atoms with E-state index in [1.165, 1.54) is 82.0 Å². The molecule has 1 aliphatic heterocycles. The first-order chi connectivity index (χ1) is 9.12. The van der Waals surface area contributed by atoms with Gasteiger partial charge in [0.1, 0.15) is 0 Å². The van der Waals surface area contributed by atoms with Crippen LogP contribution in [0.4, 0.5) is 0 Å². The van der Waals surface area contributed by atoms with Gasteiger partial charge in [0, 0.05) is 5.92 Å². The molecule has 1 saturated heterocycles. The first-order valence-electron chi connectivity index (χ1n) is 8.97. The van der Waals surface area contributed by atoms with E-state index in [-0.39, 0.29) is 24.0 Å². The second kappa shape index (κ2) is 11.3. The number of rotatable bonds is 9. The molecule has 0 amide bonds. The third-order valence-electron chi connectivity index (χ3n) is 5.25. The Morgan fingerprint density at radius 3 is 2.05 bits per heavy atom. The minimum atomic E-state index is 0. The molecule has 1 heterocycles. The van der Waals surface area contributed by atoms with E-state index in [0.717, 1.165) is 11.8 Å². The quantitative estimate of drug-likeness (QED) is 0.415. The number of piperidine rings is 1. The Morgan fingerprint density at radius 1 is 0.900 bits per heavy atom. The van der Waals surface area contributed by atoms with Crippen LogP contribution in [0.2, 0.25) is 0 Å². The van der Waals surface area contributed by atoms with E-state index in [1.54, 1.807) is 0 Å². The highest BCUT2D eigenvalue weighted by Crippen LogP contribution is 2.24. The Labute approximate surface area is 145 Å². The predicted molar refractivity (Wildman–Crippen MR) is 86.3 cm³/mol. The van der Waals surface area contributed by atoms with Gasteiger partial charge in [0.05, 0.1) is 26.2 Å². The lowest BCUT2D eigenvalue weighted by Gasteiger charge is -2.43. The second-order valence-corrected chi connectivity index (χ2v) is 7.31. The first-order valence-corrected chi connectivity index (χ1v) is 8.97. The average molecular weight is 395 g/mol. The first kappa shape index (κ1) is 20.7. The Kier molecular flexibility index (Phi) is 11.7. The van der Waals surface area contributed by atoms with E-state index in [0.29, 0.717) is 0 Å². The molecule has 0 saturated carbocycles. The van der Waals surface area contributed by atoms with E-state index >= 15 is 0 Å². The molecule has 0 aliphatic carbocycles. The highest BCUT2D eigenvalue weighted by Gasteiger charge is 2.30. The van der Waals surface area contributed by atoms with Gasteiger partial charge in [-0.3, -0.25) is 0 Å². The van der Waals surface area contributed by atoms with Gasteiger partial charge in [0.2, 0.25) is 0 Å². The molecule has 2 unspecified atom stereocenters. The largest absolute Gasteiger partial charge is 1.00 e. The summed E-state index contributed by atoms with van der Waals surface area (Å²) in [6.07, 6.45) is 11.5. The van der Waals surface area contributed by atoms with Gasteiger partial charge in [-0.05, 0) is 38.0 Å². The lowest BCUT2D eigenvalue weighted by atomic mass is 9.95. The maximum atomic E-state index is 2.50. The number of likely N-dealkylation sites (tertiary alicyclic amines) is 1. The monoisotopic (exact) mass is 395 g/mol. The average Bonchev–Trinajstić information content (AvgIpc) is 2.39. The molecule has 0 aromatic carbocycles. The molecular weight excluding hydrogens is 357 g/mol. The smallest absolute Gasteiger partial charge is 0.0812 e. The molecule has 1 nitrogen and oxygen atoms in total. The molecule has 122 valence electrons. The number of halogens is 1. The zero-order valence-electron chi connectivity index (χ0n) is 14.5. The summed E-state index contributed by atoms with van der Waals surface area (Å²) in [5, 5.41) is 0. The third-order valence-corrected chi connectivity index (χ3v) is 5.25. The van der Waals surface area contributed by atoms with E-state index in [9.17, 15) is 0 Å². The maximum Gasteiger partial charge on any atom is 0.0812 e. The molecule has 2 heteroatoms. The number of quaternary nitrogens is 1. The second-order valence-electron chi connectivity index (χ2n) is 7.31. The summed E-state index contributed by atoms with van der Waals surface area (Å²) in [7, 11) is 0. The fourth-order valence-corrected chi connectivity index (χ4v) is 3.93. The van der Waals surface area contributed by atoms with Gasteiger partial charge in [-0.15, -0.1) is 0 Å². The molecule has 0 aromatic heterocycles. The van der Waals surface area contributed by atoms with E-state index in [4.69, 9.17) is 0 Å². The minimum Gasteiger partial charge on any atom is -1.00 e. The number of hydrogen-bond acceptors (Lipinski definition) is 0. The summed E-state index contributed by atoms with van der Waals surface area (Å²) in [6.45, 7) is 15.4. The van der Waals surface area contributed by atoms with Crippen LogP contribution in [-0.4, -0.2) is 30.7 Å². The highest BCUT2D eigenvalue weighted by molar-refractivity contribution is 4.60. The topological polar surface area (TPSA) is 0 Å². The van der Waals surface area contributed by atoms with Crippen molar-refractivity contribution in [2.45, 2.75) is 79.1 Å². The van der Waals surface area contributed by atoms with Gasteiger partial charge >= 0.3 is 0 Å². The summed E-state index contributed by atoms with van der Waals surface area (Å²) in [4.78, 5) is 0. The molecule has 0 aromatic rings. The van der Waals surface area contributed by atoms with Gasteiger partial charge < -0.3 is 28.5 Å². The van der Waals surface area contributed by atoms with Crippen molar-refractivity contribution in [3.8, 4) is 0 Å². The minimum absolute atomic E-state index is 0. The molecule has 1 fully saturated rings. The molecule has 0 N–H and O–H groups in total. The van der Waals surface area contributed by atoms with Crippen molar-refractivity contribution in [1.82, 2.24) is 0 Å². The summed E-state index contributed by atoms with van der Waals surface area (Å²) in [5.74, 6) is 1.86. The van der Waals surface area contributed by atoms with Crippen LogP contribution >= 0.6 is 0 Å². The van der Waals surface area contributed by atoms with E-state index in [1.807, 2.05) is 0 Å². The standard InChI is InChI=1S/C18H38N.HI/c1-5-13-19(14-8-7-9-15-19)16-18(4)12-10-11-17(3)6-2;/h17-18H,5-16H2,1-4H3;1H/q+1;/p-1. The lowest BCUT2D eigenvalue weighted by Crippen LogP contribution is -3.00. The number of hydrogen-bond donors (Lipinski definition) is 0. The van der Waals surface area contributed by atoms with Crippen molar-refractivity contribution >= 4 is 0 Å². The summed E-state index contributed by atoms with van der Waals surface area (Å²) < 4.78 is 1.45. The van der Waals surface area contributed by atoms with Crippen molar-refractivity contribution < 1.29 is 28.5 Å². The van der Waals surface area contributed by atoms with Crippen molar-refractivity contribution in [3.05, 3.63) is 0 Å². The van der Waals surface area contributed by atoms with Crippen LogP contribution in [0.1, 0.15) is 79.1 Å². The Bertz CT molecular complexity index is 218. The van der Waals surface area contributed by atoms with Crippen LogP contribution in [0.15, 0.2) is 0 Å². The predicted octanol–water partition coefficient (Wildman–Crippen LogP) is 2.25. The van der Waals surface area contributed by atoms with Crippen molar-refractivity contribution in [3.63, 3.8) is 0 Å². The van der Waals surface area contributed by atoms with Crippen LogP contribution < -0.4 is 24.0 Å². The summed E-state index contributed by atoms with van der Waals surface area (Å²) in [5.41, 5.74) is 0. The summed E-state index contributed by atoms with van der Waals surface area (Å²) in [6, 6.07) is 0. The molecule has 20 heavy (non-hydrogen) atoms. The molecule has 2 atom stereocenters. The van der Waals surface area contributed by atoms with Gasteiger partial charge in [-0.2, -0.15) is 0 Å². The fourth-order valence-electron chi connectivity index (χ4n) is 3.93. The molecule has 0 radical (unpaired) electrons. The van der Waals surface area contributed by atoms with Crippen LogP contribution in [0.25, 0.3) is 0 Å². The van der Waals surface area contributed by atoms with Gasteiger partial charge in [0.25, 0.3) is 0 Å². The van der Waals surface area contributed by atoms with Gasteiger partial charge in [-0.25, -0.2) is 0 Å². The molecule has 0 bridgehead atoms. The van der Waals surface area contributed by atoms with Crippen molar-refractivity contribution in [2.24, 2.45) is 11.8 Å². The zero-order valence-corrected chi connectivity index (χ0v) is 16.6. The fraction of sp³-hybridized carbons (Fsp3) is 1.00. The van der Waals surface area contributed by atoms with Crippen LogP contribution in [0.5, 0.6) is 0 Å². The Balaban J connectivity index is 0.00000361. The zero-order chi connectivity index (χ0) is 14.1. The van der Waals surface area contributed by atoms with E-state index < -0.39 is 0 Å². The van der Waals surface area contributed by atoms with Crippen molar-refractivity contribution in [2.75, 3.05) is 26.2 Å². The molecule has 0 spiro atoms. The molecule has 1 aliphatic rings. The van der Waals surface area contributed by atoms with Gasteiger partial charge in [-0.1, -0.05) is 47.0 Å². The Hall–Kier alpha value is 0.690. The third kappa shape index (κ3) is 7.63. The molecule has 1 rings (SSSR count). The van der Waals surface area contributed by atoms with E-state index in [2.05, 4.69) is 27.7 Å². The van der Waals surface area contributed by atoms with Crippen LogP contribution in [0, 0.1) is 11.8 Å². The summed E-state index contributed by atoms with van der Waals surface area (Å²) >= 11 is 0. The SMILES string of the molecule is CCC[N+]1(CC(C)CCCC(C)CC)CCCCC1.[I-]. The maximum absolute atomic E-state index is 2.50. The number of nitrogens with zero attached hydrogens (tertiary/aromatic N) is 1. The highest BCUT2D eigenvalue weighted by atomic mass is 127. The van der Waals surface area contributed by atoms with Crippen LogP contribution in [0.3, 0.4) is 0 Å². The molecular formula is C18H38IN. The lowest BCUT2D eigenvalue weighted by molar-refractivity contribution is -0.935. The van der Waals surface area contributed by atoms with Crippen LogP contribution in [-0.2, 0) is 0 Å². The van der Waals surface area contributed by atoms with Gasteiger partial charge in [0.15, 0.2) is 0 Å². The van der Waals surface area contributed by atoms with Crippen molar-refractivity contribution in [1.29, 1.82) is 0 Å². The Morgan fingerprint density at radius 2 is 1.50 bits per heavy atom.